The summed E-state index contributed by atoms with van der Waals surface area (Å²) in [7, 11) is 3.09. The smallest absolute Gasteiger partial charge is 0.320 e. The Labute approximate surface area is 132 Å². The van der Waals surface area contributed by atoms with Crippen molar-refractivity contribution in [3.05, 3.63) is 0 Å². The number of carbonyl (C=O) groups is 2. The molecule has 0 aliphatic heterocycles. The third kappa shape index (κ3) is 9.31. The van der Waals surface area contributed by atoms with Gasteiger partial charge >= 0.3 is 11.9 Å². The van der Waals surface area contributed by atoms with Crippen molar-refractivity contribution >= 4 is 52.2 Å². The fourth-order valence-corrected chi connectivity index (χ4v) is 8.99. The van der Waals surface area contributed by atoms with Crippen LogP contribution in [0.3, 0.4) is 0 Å². The Hall–Kier alpha value is 0.340. The largest absolute Gasteiger partial charge is 0.466 e. The quantitative estimate of drug-likeness (QED) is 0.312. The first-order valence-electron chi connectivity index (χ1n) is 5.79. The Bertz CT molecular complexity index is 288. The highest BCUT2D eigenvalue weighted by molar-refractivity contribution is 9.11. The molecule has 0 heterocycles. The van der Waals surface area contributed by atoms with E-state index in [1.54, 1.807) is 28.1 Å². The minimum absolute atomic E-state index is 0.0231. The maximum atomic E-state index is 11.9. The molecule has 0 saturated carbocycles. The van der Waals surface area contributed by atoms with Gasteiger partial charge < -0.3 is 17.8 Å². The lowest BCUT2D eigenvalue weighted by atomic mass is 10.3. The summed E-state index contributed by atoms with van der Waals surface area (Å²) in [6.07, 6.45) is -0.0231. The summed E-state index contributed by atoms with van der Waals surface area (Å²) in [6.45, 7) is 4.00. The highest BCUT2D eigenvalue weighted by Crippen LogP contribution is 2.71. The second-order valence-corrected chi connectivity index (χ2v) is 12.1. The maximum absolute atomic E-state index is 11.9. The first-order chi connectivity index (χ1) is 9.58. The third-order valence-electron chi connectivity index (χ3n) is 1.69. The molecule has 10 heteroatoms. The van der Waals surface area contributed by atoms with Crippen LogP contribution in [-0.4, -0.2) is 44.6 Å². The van der Waals surface area contributed by atoms with Crippen molar-refractivity contribution in [1.82, 2.24) is 0 Å². The molecule has 0 aromatic heterocycles. The predicted molar refractivity (Wildman–Crippen MR) is 85.4 cm³/mol. The van der Waals surface area contributed by atoms with Crippen LogP contribution in [0.2, 0.25) is 0 Å². The van der Waals surface area contributed by atoms with E-state index in [0.717, 1.165) is 0 Å². The number of rotatable bonds is 11. The van der Waals surface area contributed by atoms with Crippen LogP contribution in [0.5, 0.6) is 0 Å². The summed E-state index contributed by atoms with van der Waals surface area (Å²) < 4.78 is 19.9. The van der Waals surface area contributed by atoms with Gasteiger partial charge in [0.1, 0.15) is 10.8 Å². The van der Waals surface area contributed by atoms with Crippen LogP contribution >= 0.6 is 40.2 Å². The van der Waals surface area contributed by atoms with E-state index in [2.05, 4.69) is 0 Å². The van der Waals surface area contributed by atoms with Gasteiger partial charge in [-0.25, -0.2) is 0 Å². The lowest BCUT2D eigenvalue weighted by molar-refractivity contribution is -0.149. The molecule has 20 heavy (non-hydrogen) atoms. The van der Waals surface area contributed by atoms with E-state index in [1.807, 2.05) is 0 Å². The molecule has 1 atom stereocenters. The van der Waals surface area contributed by atoms with Crippen molar-refractivity contribution in [1.29, 1.82) is 0 Å². The molecule has 0 amide bonds. The molecule has 0 spiro atoms. The monoisotopic (exact) mass is 362 g/mol. The molecular weight excluding hydrogens is 343 g/mol. The van der Waals surface area contributed by atoms with E-state index < -0.39 is 22.7 Å². The van der Waals surface area contributed by atoms with E-state index >= 15 is 0 Å². The van der Waals surface area contributed by atoms with Gasteiger partial charge in [-0.3, -0.25) is 9.59 Å². The molecule has 0 aromatic rings. The second-order valence-electron chi connectivity index (χ2n) is 3.06. The highest BCUT2D eigenvalue weighted by Gasteiger charge is 2.29. The predicted octanol–water partition coefficient (Wildman–Crippen LogP) is 3.42. The van der Waals surface area contributed by atoms with Crippen LogP contribution in [-0.2, 0) is 27.4 Å². The Balaban J connectivity index is 4.63. The number of hydrogen-bond donors (Lipinski definition) is 0. The van der Waals surface area contributed by atoms with Gasteiger partial charge in [0.05, 0.1) is 33.9 Å². The van der Waals surface area contributed by atoms with Crippen molar-refractivity contribution in [3.63, 3.8) is 0 Å². The number of ether oxygens (including phenoxy) is 2. The van der Waals surface area contributed by atoms with Gasteiger partial charge in [0.25, 0.3) is 0 Å². The fraction of sp³-hybridized carbons (Fsp3) is 0.800. The van der Waals surface area contributed by atoms with Crippen molar-refractivity contribution < 1.29 is 27.4 Å². The van der Waals surface area contributed by atoms with Crippen molar-refractivity contribution in [2.75, 3.05) is 27.4 Å². The minimum Gasteiger partial charge on any atom is -0.466 e. The molecule has 1 unspecified atom stereocenters. The zero-order valence-corrected chi connectivity index (χ0v) is 15.2. The fourth-order valence-electron chi connectivity index (χ4n) is 1.04. The summed E-state index contributed by atoms with van der Waals surface area (Å²) in [5.41, 5.74) is -0.886. The maximum Gasteiger partial charge on any atom is 0.320 e. The first-order valence-corrected chi connectivity index (χ1v) is 11.3. The molecule has 0 rings (SSSR count). The van der Waals surface area contributed by atoms with Gasteiger partial charge in [0, 0.05) is 23.3 Å². The van der Waals surface area contributed by atoms with Gasteiger partial charge in [0.2, 0.25) is 0 Å². The molecule has 0 saturated heterocycles. The van der Waals surface area contributed by atoms with Crippen LogP contribution in [0.1, 0.15) is 20.3 Å². The average Bonchev–Trinajstić information content (AvgIpc) is 2.39. The van der Waals surface area contributed by atoms with Gasteiger partial charge in [-0.1, -0.05) is 11.4 Å². The van der Waals surface area contributed by atoms with Gasteiger partial charge in [-0.15, -0.1) is 0 Å². The minimum atomic E-state index is -0.886. The lowest BCUT2D eigenvalue weighted by Crippen LogP contribution is -2.24. The summed E-state index contributed by atoms with van der Waals surface area (Å²) in [6, 6.07) is 0. The van der Waals surface area contributed by atoms with E-state index in [-0.39, 0.29) is 19.6 Å². The molecule has 6 nitrogen and oxygen atoms in total. The number of carbonyl (C=O) groups excluding carboxylic acids is 2. The molecule has 0 aliphatic carbocycles. The van der Waals surface area contributed by atoms with Gasteiger partial charge in [-0.05, 0) is 13.8 Å². The van der Waals surface area contributed by atoms with E-state index in [9.17, 15) is 9.59 Å². The zero-order chi connectivity index (χ0) is 15.4. The van der Waals surface area contributed by atoms with Crippen LogP contribution in [0, 0.1) is 0 Å². The molecule has 0 N–H and O–H groups in total. The zero-order valence-electron chi connectivity index (χ0n) is 11.8. The molecule has 0 fully saturated rings. The average molecular weight is 362 g/mol. The molecule has 118 valence electrons. The SMILES string of the molecule is CCOC(=O)CC(SP(SOC)SOC)C(=O)OCC. The third-order valence-corrected chi connectivity index (χ3v) is 9.66. The topological polar surface area (TPSA) is 71.1 Å². The molecule has 0 bridgehead atoms. The summed E-state index contributed by atoms with van der Waals surface area (Å²) in [5, 5.41) is -0.620. The number of hydrogen-bond acceptors (Lipinski definition) is 9. The van der Waals surface area contributed by atoms with Crippen LogP contribution in [0.4, 0.5) is 0 Å². The van der Waals surface area contributed by atoms with Crippen molar-refractivity contribution in [2.45, 2.75) is 25.5 Å². The normalized spacial score (nSPS) is 12.2. The molecular formula is C10H19O6PS3. The first kappa shape index (κ1) is 20.3. The molecule has 0 radical (unpaired) electrons. The Kier molecular flexibility index (Phi) is 13.3. The molecule has 0 aromatic carbocycles. The van der Waals surface area contributed by atoms with E-state index in [1.165, 1.54) is 34.7 Å². The standard InChI is InChI=1S/C10H19O6PS3/c1-5-15-9(11)7-8(10(12)16-6-2)18-17(19-13-3)20-14-4/h8H,5-7H2,1-4H3. The van der Waals surface area contributed by atoms with Crippen molar-refractivity contribution in [2.24, 2.45) is 0 Å². The Morgan fingerprint density at radius 1 is 1.05 bits per heavy atom. The number of esters is 2. The van der Waals surface area contributed by atoms with Gasteiger partial charge in [0.15, 0.2) is 0 Å². The van der Waals surface area contributed by atoms with E-state index in [0.29, 0.717) is 0 Å². The summed E-state index contributed by atoms with van der Waals surface area (Å²) in [5.74, 6) is -0.843. The van der Waals surface area contributed by atoms with Crippen LogP contribution < -0.4 is 0 Å². The van der Waals surface area contributed by atoms with Crippen LogP contribution in [0.15, 0.2) is 0 Å². The summed E-state index contributed by atoms with van der Waals surface area (Å²) >= 11 is 3.73. The lowest BCUT2D eigenvalue weighted by Gasteiger charge is -2.18. The van der Waals surface area contributed by atoms with Crippen LogP contribution in [0.25, 0.3) is 0 Å². The van der Waals surface area contributed by atoms with E-state index in [4.69, 9.17) is 17.8 Å². The summed E-state index contributed by atoms with van der Waals surface area (Å²) in [4.78, 5) is 23.4. The highest BCUT2D eigenvalue weighted by atomic mass is 33.4. The second kappa shape index (κ2) is 13.0. The Morgan fingerprint density at radius 3 is 2.05 bits per heavy atom. The molecule has 0 aliphatic rings. The van der Waals surface area contributed by atoms with Crippen molar-refractivity contribution in [3.8, 4) is 0 Å². The van der Waals surface area contributed by atoms with Gasteiger partial charge in [-0.2, -0.15) is 0 Å². The Morgan fingerprint density at radius 2 is 1.60 bits per heavy atom.